The van der Waals surface area contributed by atoms with E-state index in [0.717, 1.165) is 32.2 Å². The van der Waals surface area contributed by atoms with E-state index >= 15 is 0 Å². The minimum absolute atomic E-state index is 0.246. The van der Waals surface area contributed by atoms with Crippen LogP contribution in [-0.4, -0.2) is 11.3 Å². The number of alkyl halides is 3. The zero-order valence-electron chi connectivity index (χ0n) is 16.6. The minimum atomic E-state index is -4.74. The van der Waals surface area contributed by atoms with Crippen molar-refractivity contribution in [2.24, 2.45) is 0 Å². The molecule has 1 atom stereocenters. The van der Waals surface area contributed by atoms with E-state index in [2.05, 4.69) is 20.9 Å². The molecule has 0 saturated heterocycles. The third-order valence-corrected chi connectivity index (χ3v) is 6.29. The summed E-state index contributed by atoms with van der Waals surface area (Å²) in [6.07, 6.45) is -4.53. The molecule has 2 aromatic carbocycles. The first kappa shape index (κ1) is 22.5. The van der Waals surface area contributed by atoms with Gasteiger partial charge in [0.05, 0.1) is 11.1 Å². The van der Waals surface area contributed by atoms with E-state index in [1.807, 2.05) is 60.0 Å². The number of thiophene rings is 1. The van der Waals surface area contributed by atoms with Crippen LogP contribution in [0.15, 0.2) is 82.9 Å². The maximum Gasteiger partial charge on any atom is 0.418 e. The van der Waals surface area contributed by atoms with Gasteiger partial charge in [0.2, 0.25) is 0 Å². The van der Waals surface area contributed by atoms with E-state index in [1.165, 1.54) is 17.4 Å². The van der Waals surface area contributed by atoms with Crippen molar-refractivity contribution in [3.63, 3.8) is 0 Å². The fraction of sp³-hybridized carbons (Fsp3) is 0.125. The summed E-state index contributed by atoms with van der Waals surface area (Å²) in [7, 11) is 0. The third kappa shape index (κ3) is 5.03. The van der Waals surface area contributed by atoms with Gasteiger partial charge in [-0.2, -0.15) is 13.2 Å². The van der Waals surface area contributed by atoms with Crippen molar-refractivity contribution in [3.05, 3.63) is 94.0 Å². The molecule has 0 fully saturated rings. The van der Waals surface area contributed by atoms with E-state index in [4.69, 9.17) is 4.74 Å². The molecular weight excluding hydrogens is 503 g/mol. The number of benzene rings is 2. The first-order valence-corrected chi connectivity index (χ1v) is 11.3. The Kier molecular flexibility index (Phi) is 6.64. The number of aliphatic hydroxyl groups excluding tert-OH is 1. The van der Waals surface area contributed by atoms with Gasteiger partial charge in [-0.15, -0.1) is 11.3 Å². The molecule has 0 spiro atoms. The van der Waals surface area contributed by atoms with Crippen molar-refractivity contribution in [1.82, 2.24) is 0 Å². The van der Waals surface area contributed by atoms with Crippen molar-refractivity contribution < 1.29 is 28.0 Å². The molecule has 32 heavy (non-hydrogen) atoms. The van der Waals surface area contributed by atoms with Crippen LogP contribution in [0.5, 0.6) is 5.75 Å². The quantitative estimate of drug-likeness (QED) is 0.302. The topological polar surface area (TPSA) is 43.6 Å². The van der Waals surface area contributed by atoms with Crippen LogP contribution < -0.4 is 9.72 Å². The SMILES string of the molecule is OC(c1c[nH+]cc(-c2sccc2-c2cc(Br)ccc2OCc2ccccc2)c1)C(F)(F)F. The molecule has 0 radical (unpaired) electrons. The van der Waals surface area contributed by atoms with E-state index in [1.54, 1.807) is 6.20 Å². The summed E-state index contributed by atoms with van der Waals surface area (Å²) in [4.78, 5) is 3.49. The predicted molar refractivity (Wildman–Crippen MR) is 121 cm³/mol. The van der Waals surface area contributed by atoms with Crippen LogP contribution in [0.25, 0.3) is 21.6 Å². The van der Waals surface area contributed by atoms with Gasteiger partial charge in [0.1, 0.15) is 12.4 Å². The smallest absolute Gasteiger partial charge is 0.418 e. The summed E-state index contributed by atoms with van der Waals surface area (Å²) >= 11 is 4.90. The lowest BCUT2D eigenvalue weighted by molar-refractivity contribution is -0.379. The number of ether oxygens (including phenoxy) is 1. The highest BCUT2D eigenvalue weighted by atomic mass is 79.9. The number of hydrogen-bond donors (Lipinski definition) is 1. The first-order valence-electron chi connectivity index (χ1n) is 9.63. The zero-order chi connectivity index (χ0) is 22.7. The average molecular weight is 521 g/mol. The Balaban J connectivity index is 1.71. The maximum atomic E-state index is 13.0. The summed E-state index contributed by atoms with van der Waals surface area (Å²) in [6, 6.07) is 18.7. The number of H-pyrrole nitrogens is 1. The van der Waals surface area contributed by atoms with E-state index in [0.29, 0.717) is 17.9 Å². The molecule has 4 rings (SSSR count). The van der Waals surface area contributed by atoms with Crippen LogP contribution in [0.1, 0.15) is 17.2 Å². The highest BCUT2D eigenvalue weighted by molar-refractivity contribution is 9.10. The second-order valence-corrected chi connectivity index (χ2v) is 8.91. The highest BCUT2D eigenvalue weighted by Crippen LogP contribution is 2.42. The number of halogens is 4. The molecule has 3 nitrogen and oxygen atoms in total. The molecule has 0 amide bonds. The number of hydrogen-bond acceptors (Lipinski definition) is 3. The molecule has 1 unspecified atom stereocenters. The highest BCUT2D eigenvalue weighted by Gasteiger charge is 2.40. The van der Waals surface area contributed by atoms with Crippen LogP contribution in [0, 0.1) is 0 Å². The first-order chi connectivity index (χ1) is 15.3. The van der Waals surface area contributed by atoms with Crippen LogP contribution in [-0.2, 0) is 6.61 Å². The summed E-state index contributed by atoms with van der Waals surface area (Å²) < 4.78 is 45.9. The number of rotatable bonds is 6. The molecule has 0 aliphatic heterocycles. The summed E-state index contributed by atoms with van der Waals surface area (Å²) in [5.41, 5.74) is 2.96. The van der Waals surface area contributed by atoms with Crippen molar-refractivity contribution in [1.29, 1.82) is 0 Å². The summed E-state index contributed by atoms with van der Waals surface area (Å²) in [5.74, 6) is 0.659. The van der Waals surface area contributed by atoms with Gasteiger partial charge >= 0.3 is 6.18 Å². The van der Waals surface area contributed by atoms with E-state index < -0.39 is 12.3 Å². The van der Waals surface area contributed by atoms with Crippen molar-refractivity contribution in [2.45, 2.75) is 18.9 Å². The van der Waals surface area contributed by atoms with Gasteiger partial charge < -0.3 is 9.84 Å². The predicted octanol–water partition coefficient (Wildman–Crippen LogP) is 6.83. The lowest BCUT2D eigenvalue weighted by Crippen LogP contribution is -2.21. The van der Waals surface area contributed by atoms with Gasteiger partial charge in [0.25, 0.3) is 0 Å². The van der Waals surface area contributed by atoms with Crippen molar-refractivity contribution in [3.8, 4) is 27.3 Å². The summed E-state index contributed by atoms with van der Waals surface area (Å²) in [6.45, 7) is 0.385. The zero-order valence-corrected chi connectivity index (χ0v) is 19.0. The van der Waals surface area contributed by atoms with Gasteiger partial charge in [-0.25, -0.2) is 4.98 Å². The Morgan fingerprint density at radius 1 is 1.00 bits per heavy atom. The molecule has 2 heterocycles. The van der Waals surface area contributed by atoms with Gasteiger partial charge in [-0.3, -0.25) is 0 Å². The molecule has 0 aliphatic carbocycles. The molecule has 2 aromatic heterocycles. The Morgan fingerprint density at radius 3 is 2.53 bits per heavy atom. The molecule has 2 N–H and O–H groups in total. The third-order valence-electron chi connectivity index (χ3n) is 4.83. The Morgan fingerprint density at radius 2 is 1.78 bits per heavy atom. The normalized spacial score (nSPS) is 12.5. The standard InChI is InChI=1S/C24H17BrF3NO2S/c25-18-6-7-21(31-14-15-4-2-1-3-5-15)20(11-18)19-8-9-32-22(19)16-10-17(13-29-12-16)23(30)24(26,27)28/h1-13,23,30H,14H2/p+1. The van der Waals surface area contributed by atoms with Crippen LogP contribution >= 0.6 is 27.3 Å². The number of pyridine rings is 1. The number of nitrogens with one attached hydrogen (secondary N) is 1. The van der Waals surface area contributed by atoms with Gasteiger partial charge in [-0.05, 0) is 41.3 Å². The maximum absolute atomic E-state index is 13.0. The number of aromatic amines is 1. The number of aromatic nitrogens is 1. The largest absolute Gasteiger partial charge is 0.488 e. The Hall–Kier alpha value is -2.68. The second kappa shape index (κ2) is 9.44. The van der Waals surface area contributed by atoms with Crippen LogP contribution in [0.3, 0.4) is 0 Å². The molecular formula is C24H18BrF3NO2S+. The lowest BCUT2D eigenvalue weighted by atomic mass is 10.0. The van der Waals surface area contributed by atoms with Gasteiger partial charge in [-0.1, -0.05) is 46.3 Å². The van der Waals surface area contributed by atoms with E-state index in [9.17, 15) is 18.3 Å². The van der Waals surface area contributed by atoms with Crippen molar-refractivity contribution in [2.75, 3.05) is 0 Å². The lowest BCUT2D eigenvalue weighted by Gasteiger charge is -2.14. The molecule has 0 bridgehead atoms. The average Bonchev–Trinajstić information content (AvgIpc) is 3.28. The fourth-order valence-electron chi connectivity index (χ4n) is 3.29. The molecule has 164 valence electrons. The van der Waals surface area contributed by atoms with Crippen LogP contribution in [0.4, 0.5) is 13.2 Å². The van der Waals surface area contributed by atoms with Crippen molar-refractivity contribution >= 4 is 27.3 Å². The molecule has 0 saturated carbocycles. The van der Waals surface area contributed by atoms with Gasteiger partial charge in [0.15, 0.2) is 18.5 Å². The van der Waals surface area contributed by atoms with Crippen LogP contribution in [0.2, 0.25) is 0 Å². The fourth-order valence-corrected chi connectivity index (χ4v) is 4.55. The Labute approximate surface area is 195 Å². The minimum Gasteiger partial charge on any atom is -0.488 e. The number of aliphatic hydroxyl groups is 1. The summed E-state index contributed by atoms with van der Waals surface area (Å²) in [5, 5.41) is 11.5. The Bertz CT molecular complexity index is 1210. The monoisotopic (exact) mass is 520 g/mol. The van der Waals surface area contributed by atoms with E-state index in [-0.39, 0.29) is 5.56 Å². The van der Waals surface area contributed by atoms with Gasteiger partial charge in [0, 0.05) is 20.5 Å². The molecule has 8 heteroatoms. The second-order valence-electron chi connectivity index (χ2n) is 7.08. The molecule has 0 aliphatic rings. The molecule has 4 aromatic rings.